The van der Waals surface area contributed by atoms with Crippen molar-refractivity contribution in [3.8, 4) is 0 Å². The number of carbonyl (C=O) groups excluding carboxylic acids is 2. The highest BCUT2D eigenvalue weighted by molar-refractivity contribution is 5.95. The number of amides is 2. The lowest BCUT2D eigenvalue weighted by atomic mass is 9.84. The summed E-state index contributed by atoms with van der Waals surface area (Å²) in [5.74, 6) is -0.164. The molecular formula is C24H30F3N5O2. The van der Waals surface area contributed by atoms with Crippen molar-refractivity contribution in [2.45, 2.75) is 50.9 Å². The minimum Gasteiger partial charge on any atom is -0.339 e. The largest absolute Gasteiger partial charge is 0.416 e. The maximum absolute atomic E-state index is 13.1. The van der Waals surface area contributed by atoms with Crippen LogP contribution in [-0.4, -0.2) is 64.4 Å². The molecule has 1 aliphatic carbocycles. The van der Waals surface area contributed by atoms with Crippen molar-refractivity contribution in [1.29, 1.82) is 0 Å². The van der Waals surface area contributed by atoms with Crippen molar-refractivity contribution in [3.05, 3.63) is 47.4 Å². The van der Waals surface area contributed by atoms with Crippen LogP contribution < -0.4 is 5.32 Å². The third-order valence-electron chi connectivity index (χ3n) is 6.98. The number of hydrogen-bond acceptors (Lipinski definition) is 4. The van der Waals surface area contributed by atoms with Gasteiger partial charge in [0.15, 0.2) is 0 Å². The molecule has 1 aromatic heterocycles. The van der Waals surface area contributed by atoms with E-state index in [9.17, 15) is 22.8 Å². The molecule has 2 atom stereocenters. The van der Waals surface area contributed by atoms with Gasteiger partial charge in [-0.05, 0) is 51.4 Å². The molecule has 2 aliphatic rings. The number of alkyl halides is 3. The van der Waals surface area contributed by atoms with E-state index in [0.29, 0.717) is 25.1 Å². The van der Waals surface area contributed by atoms with Gasteiger partial charge >= 0.3 is 6.18 Å². The Morgan fingerprint density at radius 3 is 2.62 bits per heavy atom. The highest BCUT2D eigenvalue weighted by Gasteiger charge is 2.35. The maximum atomic E-state index is 13.1. The van der Waals surface area contributed by atoms with E-state index in [-0.39, 0.29) is 29.5 Å². The van der Waals surface area contributed by atoms with Crippen molar-refractivity contribution in [3.63, 3.8) is 0 Å². The standard InChI is InChI=1S/C24H30F3N5O2/c1-15-21(32(14-28-15)20-12-30(2)13-20)29-22(33)16-6-5-9-19(11-16)31(3)23(34)17-7-4-8-18(10-17)24(25,26)27/h4,7-8,10,14,16,19-20H,5-6,9,11-13H2,1-3H3,(H,29,33). The van der Waals surface area contributed by atoms with Gasteiger partial charge in [-0.1, -0.05) is 12.5 Å². The molecule has 1 aliphatic heterocycles. The second kappa shape index (κ2) is 9.40. The van der Waals surface area contributed by atoms with E-state index in [1.54, 1.807) is 13.4 Å². The zero-order valence-corrected chi connectivity index (χ0v) is 19.6. The van der Waals surface area contributed by atoms with Crippen molar-refractivity contribution in [1.82, 2.24) is 19.4 Å². The fourth-order valence-corrected chi connectivity index (χ4v) is 4.90. The van der Waals surface area contributed by atoms with Gasteiger partial charge < -0.3 is 19.7 Å². The molecule has 2 amide bonds. The molecule has 7 nitrogen and oxygen atoms in total. The second-order valence-electron chi connectivity index (χ2n) is 9.46. The lowest BCUT2D eigenvalue weighted by Gasteiger charge is -2.38. The molecule has 34 heavy (non-hydrogen) atoms. The molecular weight excluding hydrogens is 447 g/mol. The normalized spacial score (nSPS) is 21.7. The summed E-state index contributed by atoms with van der Waals surface area (Å²) in [5.41, 5.74) is -0.0988. The molecule has 2 heterocycles. The molecule has 1 N–H and O–H groups in total. The zero-order valence-electron chi connectivity index (χ0n) is 19.6. The lowest BCUT2D eigenvalue weighted by molar-refractivity contribution is -0.137. The Labute approximate surface area is 196 Å². The molecule has 2 unspecified atom stereocenters. The van der Waals surface area contributed by atoms with E-state index in [4.69, 9.17) is 0 Å². The molecule has 10 heteroatoms. The number of nitrogens with one attached hydrogen (secondary N) is 1. The SMILES string of the molecule is Cc1ncn(C2CN(C)C2)c1NC(=O)C1CCCC(N(C)C(=O)c2cccc(C(F)(F)F)c2)C1. The lowest BCUT2D eigenvalue weighted by Crippen LogP contribution is -2.45. The molecule has 2 fully saturated rings. The van der Waals surface area contributed by atoms with Crippen LogP contribution in [0.4, 0.5) is 19.0 Å². The van der Waals surface area contributed by atoms with Crippen LogP contribution in [0.2, 0.25) is 0 Å². The first-order valence-electron chi connectivity index (χ1n) is 11.5. The smallest absolute Gasteiger partial charge is 0.339 e. The monoisotopic (exact) mass is 477 g/mol. The van der Waals surface area contributed by atoms with Crippen LogP contribution >= 0.6 is 0 Å². The number of halogens is 3. The minimum absolute atomic E-state index is 0.00565. The molecule has 1 saturated carbocycles. The first kappa shape index (κ1) is 24.3. The van der Waals surface area contributed by atoms with E-state index in [2.05, 4.69) is 15.2 Å². The Morgan fingerprint density at radius 2 is 1.94 bits per heavy atom. The van der Waals surface area contributed by atoms with Crippen LogP contribution in [0.1, 0.15) is 53.3 Å². The summed E-state index contributed by atoms with van der Waals surface area (Å²) in [6.07, 6.45) is -0.124. The van der Waals surface area contributed by atoms with Gasteiger partial charge in [-0.2, -0.15) is 13.2 Å². The predicted octanol–water partition coefficient (Wildman–Crippen LogP) is 3.97. The number of anilines is 1. The Bertz CT molecular complexity index is 1060. The molecule has 2 aromatic rings. The number of likely N-dealkylation sites (N-methyl/N-ethyl adjacent to an activating group) is 1. The summed E-state index contributed by atoms with van der Waals surface area (Å²) in [4.78, 5) is 34.1. The van der Waals surface area contributed by atoms with Gasteiger partial charge in [-0.15, -0.1) is 0 Å². The van der Waals surface area contributed by atoms with Crippen molar-refractivity contribution in [2.24, 2.45) is 5.92 Å². The number of hydrogen-bond donors (Lipinski definition) is 1. The van der Waals surface area contributed by atoms with Gasteiger partial charge in [-0.3, -0.25) is 9.59 Å². The third-order valence-corrected chi connectivity index (χ3v) is 6.98. The first-order chi connectivity index (χ1) is 16.0. The topological polar surface area (TPSA) is 70.5 Å². The summed E-state index contributed by atoms with van der Waals surface area (Å²) in [6.45, 7) is 3.65. The van der Waals surface area contributed by atoms with Gasteiger partial charge in [0, 0.05) is 37.7 Å². The maximum Gasteiger partial charge on any atom is 0.416 e. The predicted molar refractivity (Wildman–Crippen MR) is 121 cm³/mol. The summed E-state index contributed by atoms with van der Waals surface area (Å²) in [5, 5.41) is 3.05. The number of aromatic nitrogens is 2. The summed E-state index contributed by atoms with van der Waals surface area (Å²) in [6, 6.07) is 4.52. The zero-order chi connectivity index (χ0) is 24.6. The van der Waals surface area contributed by atoms with Crippen LogP contribution in [-0.2, 0) is 11.0 Å². The van der Waals surface area contributed by atoms with Crippen molar-refractivity contribution >= 4 is 17.6 Å². The summed E-state index contributed by atoms with van der Waals surface area (Å²) < 4.78 is 41.2. The third kappa shape index (κ3) is 4.96. The number of benzene rings is 1. The Morgan fingerprint density at radius 1 is 1.21 bits per heavy atom. The highest BCUT2D eigenvalue weighted by Crippen LogP contribution is 2.32. The fraction of sp³-hybridized carbons (Fsp3) is 0.542. The highest BCUT2D eigenvalue weighted by atomic mass is 19.4. The fourth-order valence-electron chi connectivity index (χ4n) is 4.90. The van der Waals surface area contributed by atoms with Crippen molar-refractivity contribution < 1.29 is 22.8 Å². The average Bonchev–Trinajstić information content (AvgIpc) is 3.15. The number of rotatable bonds is 5. The van der Waals surface area contributed by atoms with Gasteiger partial charge in [0.25, 0.3) is 5.91 Å². The van der Waals surface area contributed by atoms with Gasteiger partial charge in [0.2, 0.25) is 5.91 Å². The van der Waals surface area contributed by atoms with Crippen LogP contribution in [0.3, 0.4) is 0 Å². The summed E-state index contributed by atoms with van der Waals surface area (Å²) >= 11 is 0. The number of nitrogens with zero attached hydrogens (tertiary/aromatic N) is 4. The molecule has 1 saturated heterocycles. The molecule has 0 radical (unpaired) electrons. The van der Waals surface area contributed by atoms with E-state index in [0.717, 1.165) is 37.3 Å². The van der Waals surface area contributed by atoms with E-state index < -0.39 is 17.6 Å². The summed E-state index contributed by atoms with van der Waals surface area (Å²) in [7, 11) is 3.64. The van der Waals surface area contributed by atoms with Crippen molar-refractivity contribution in [2.75, 3.05) is 32.5 Å². The van der Waals surface area contributed by atoms with Gasteiger partial charge in [0.1, 0.15) is 5.82 Å². The molecule has 1 aromatic carbocycles. The molecule has 0 bridgehead atoms. The first-order valence-corrected chi connectivity index (χ1v) is 11.5. The number of imidazole rings is 1. The Kier molecular flexibility index (Phi) is 6.71. The molecule has 0 spiro atoms. The quantitative estimate of drug-likeness (QED) is 0.708. The van der Waals surface area contributed by atoms with Gasteiger partial charge in [-0.25, -0.2) is 4.98 Å². The number of likely N-dealkylation sites (tertiary alicyclic amines) is 1. The van der Waals surface area contributed by atoms with E-state index in [1.807, 2.05) is 18.5 Å². The van der Waals surface area contributed by atoms with E-state index >= 15 is 0 Å². The molecule has 184 valence electrons. The Balaban J connectivity index is 1.42. The second-order valence-corrected chi connectivity index (χ2v) is 9.46. The Hall–Kier alpha value is -2.88. The minimum atomic E-state index is -4.51. The average molecular weight is 478 g/mol. The van der Waals surface area contributed by atoms with Crippen LogP contribution in [0.25, 0.3) is 0 Å². The molecule has 4 rings (SSSR count). The van der Waals surface area contributed by atoms with Crippen LogP contribution in [0.5, 0.6) is 0 Å². The number of aryl methyl sites for hydroxylation is 1. The van der Waals surface area contributed by atoms with Crippen LogP contribution in [0, 0.1) is 12.8 Å². The van der Waals surface area contributed by atoms with Gasteiger partial charge in [0.05, 0.1) is 23.6 Å². The van der Waals surface area contributed by atoms with E-state index in [1.165, 1.54) is 17.0 Å². The number of carbonyl (C=O) groups is 2. The van der Waals surface area contributed by atoms with Crippen LogP contribution in [0.15, 0.2) is 30.6 Å².